The minimum absolute atomic E-state index is 0.0233. The van der Waals surface area contributed by atoms with E-state index < -0.39 is 0 Å². The van der Waals surface area contributed by atoms with Crippen molar-refractivity contribution < 1.29 is 9.18 Å². The van der Waals surface area contributed by atoms with Gasteiger partial charge in [0.25, 0.3) is 5.91 Å². The van der Waals surface area contributed by atoms with Crippen LogP contribution in [0, 0.1) is 5.82 Å². The molecular formula is C23H21FN4O. The number of hydrogen-bond acceptors (Lipinski definition) is 3. The number of imidazole rings is 1. The Hall–Kier alpha value is -3.25. The summed E-state index contributed by atoms with van der Waals surface area (Å²) >= 11 is 0. The SMILES string of the molecule is CC1CN(C(=O)c2cn3c(-c4ccc(F)cc4)ncc3c3ccccc23)CCN1. The van der Waals surface area contributed by atoms with Crippen LogP contribution >= 0.6 is 0 Å². The van der Waals surface area contributed by atoms with E-state index in [2.05, 4.69) is 17.2 Å². The fourth-order valence-corrected chi connectivity index (χ4v) is 4.10. The van der Waals surface area contributed by atoms with Gasteiger partial charge >= 0.3 is 0 Å². The second-order valence-corrected chi connectivity index (χ2v) is 7.54. The third-order valence-electron chi connectivity index (χ3n) is 5.54. The second kappa shape index (κ2) is 6.97. The van der Waals surface area contributed by atoms with Gasteiger partial charge in [0.05, 0.1) is 17.3 Å². The van der Waals surface area contributed by atoms with Gasteiger partial charge in [0.15, 0.2) is 0 Å². The third-order valence-corrected chi connectivity index (χ3v) is 5.54. The van der Waals surface area contributed by atoms with E-state index in [-0.39, 0.29) is 17.8 Å². The standard InChI is InChI=1S/C23H21FN4O/c1-15-13-27(11-10-25-15)23(29)20-14-28-21(19-5-3-2-4-18(19)20)12-26-22(28)16-6-8-17(24)9-7-16/h2-9,12,14-15,25H,10-11,13H2,1H3. The zero-order valence-electron chi connectivity index (χ0n) is 16.1. The van der Waals surface area contributed by atoms with E-state index in [4.69, 9.17) is 0 Å². The van der Waals surface area contributed by atoms with Gasteiger partial charge < -0.3 is 10.2 Å². The van der Waals surface area contributed by atoms with E-state index in [9.17, 15) is 9.18 Å². The van der Waals surface area contributed by atoms with Crippen molar-refractivity contribution in [3.63, 3.8) is 0 Å². The Morgan fingerprint density at radius 2 is 1.90 bits per heavy atom. The Labute approximate surface area is 167 Å². The number of carbonyl (C=O) groups is 1. The molecule has 0 bridgehead atoms. The number of fused-ring (bicyclic) bond motifs is 3. The molecule has 2 aromatic carbocycles. The molecule has 2 aromatic heterocycles. The van der Waals surface area contributed by atoms with Crippen molar-refractivity contribution in [3.05, 3.63) is 72.3 Å². The molecule has 1 aliphatic heterocycles. The van der Waals surface area contributed by atoms with Crippen LogP contribution in [0.25, 0.3) is 27.7 Å². The highest BCUT2D eigenvalue weighted by Crippen LogP contribution is 2.29. The quantitative estimate of drug-likeness (QED) is 0.569. The minimum Gasteiger partial charge on any atom is -0.336 e. The molecule has 1 aliphatic rings. The number of nitrogens with one attached hydrogen (secondary N) is 1. The first-order valence-corrected chi connectivity index (χ1v) is 9.79. The van der Waals surface area contributed by atoms with E-state index in [0.29, 0.717) is 24.5 Å². The molecule has 29 heavy (non-hydrogen) atoms. The Balaban J connectivity index is 1.71. The topological polar surface area (TPSA) is 49.6 Å². The van der Waals surface area contributed by atoms with Gasteiger partial charge in [-0.1, -0.05) is 24.3 Å². The molecule has 1 amide bonds. The van der Waals surface area contributed by atoms with Crippen LogP contribution in [0.1, 0.15) is 17.3 Å². The fourth-order valence-electron chi connectivity index (χ4n) is 4.10. The van der Waals surface area contributed by atoms with Crippen LogP contribution in [-0.2, 0) is 0 Å². The molecule has 5 nitrogen and oxygen atoms in total. The molecule has 0 spiro atoms. The highest BCUT2D eigenvalue weighted by Gasteiger charge is 2.24. The van der Waals surface area contributed by atoms with Gasteiger partial charge in [-0.3, -0.25) is 9.20 Å². The smallest absolute Gasteiger partial charge is 0.256 e. The van der Waals surface area contributed by atoms with Gasteiger partial charge in [-0.05, 0) is 36.6 Å². The Kier molecular flexibility index (Phi) is 4.28. The van der Waals surface area contributed by atoms with Crippen LogP contribution in [0.4, 0.5) is 4.39 Å². The number of benzene rings is 2. The first kappa shape index (κ1) is 17.8. The van der Waals surface area contributed by atoms with Crippen molar-refractivity contribution in [3.8, 4) is 11.4 Å². The number of halogens is 1. The molecular weight excluding hydrogens is 367 g/mol. The summed E-state index contributed by atoms with van der Waals surface area (Å²) in [5.41, 5.74) is 2.38. The van der Waals surface area contributed by atoms with Crippen molar-refractivity contribution >= 4 is 22.2 Å². The lowest BCUT2D eigenvalue weighted by Gasteiger charge is -2.32. The Morgan fingerprint density at radius 1 is 1.14 bits per heavy atom. The Morgan fingerprint density at radius 3 is 2.66 bits per heavy atom. The summed E-state index contributed by atoms with van der Waals surface area (Å²) in [6.07, 6.45) is 3.68. The number of pyridine rings is 1. The van der Waals surface area contributed by atoms with Gasteiger partial charge in [0.2, 0.25) is 0 Å². The monoisotopic (exact) mass is 388 g/mol. The molecule has 1 fully saturated rings. The first-order chi connectivity index (χ1) is 14.1. The molecule has 0 saturated carbocycles. The predicted octanol–water partition coefficient (Wildman–Crippen LogP) is 3.73. The maximum atomic E-state index is 13.4. The largest absolute Gasteiger partial charge is 0.336 e. The van der Waals surface area contributed by atoms with Crippen molar-refractivity contribution in [1.82, 2.24) is 19.6 Å². The Bertz CT molecular complexity index is 1210. The molecule has 5 rings (SSSR count). The number of aromatic nitrogens is 2. The van der Waals surface area contributed by atoms with E-state index >= 15 is 0 Å². The second-order valence-electron chi connectivity index (χ2n) is 7.54. The number of nitrogens with zero attached hydrogens (tertiary/aromatic N) is 3. The highest BCUT2D eigenvalue weighted by atomic mass is 19.1. The van der Waals surface area contributed by atoms with Crippen LogP contribution in [0.2, 0.25) is 0 Å². The van der Waals surface area contributed by atoms with Crippen molar-refractivity contribution in [1.29, 1.82) is 0 Å². The molecule has 3 heterocycles. The van der Waals surface area contributed by atoms with Crippen molar-refractivity contribution in [2.75, 3.05) is 19.6 Å². The highest BCUT2D eigenvalue weighted by molar-refractivity contribution is 6.11. The maximum Gasteiger partial charge on any atom is 0.256 e. The van der Waals surface area contributed by atoms with Crippen LogP contribution in [-0.4, -0.2) is 45.9 Å². The lowest BCUT2D eigenvalue weighted by Crippen LogP contribution is -2.51. The van der Waals surface area contributed by atoms with E-state index in [0.717, 1.165) is 28.4 Å². The van der Waals surface area contributed by atoms with Gasteiger partial charge in [-0.2, -0.15) is 0 Å². The number of hydrogen-bond donors (Lipinski definition) is 1. The summed E-state index contributed by atoms with van der Waals surface area (Å²) in [7, 11) is 0. The van der Waals surface area contributed by atoms with Crippen molar-refractivity contribution in [2.24, 2.45) is 0 Å². The summed E-state index contributed by atoms with van der Waals surface area (Å²) in [4.78, 5) is 19.9. The summed E-state index contributed by atoms with van der Waals surface area (Å²) in [6, 6.07) is 14.4. The average molecular weight is 388 g/mol. The molecule has 1 unspecified atom stereocenters. The summed E-state index contributed by atoms with van der Waals surface area (Å²) in [6.45, 7) is 4.24. The molecule has 1 atom stereocenters. The predicted molar refractivity (Wildman–Crippen MR) is 111 cm³/mol. The number of carbonyl (C=O) groups excluding carboxylic acids is 1. The zero-order valence-corrected chi connectivity index (χ0v) is 16.1. The molecule has 6 heteroatoms. The van der Waals surface area contributed by atoms with Gasteiger partial charge in [0, 0.05) is 42.8 Å². The van der Waals surface area contributed by atoms with Gasteiger partial charge in [-0.25, -0.2) is 9.37 Å². The molecule has 0 aliphatic carbocycles. The lowest BCUT2D eigenvalue weighted by atomic mass is 10.0. The van der Waals surface area contributed by atoms with Crippen LogP contribution < -0.4 is 5.32 Å². The summed E-state index contributed by atoms with van der Waals surface area (Å²) < 4.78 is 15.3. The lowest BCUT2D eigenvalue weighted by molar-refractivity contribution is 0.0710. The first-order valence-electron chi connectivity index (χ1n) is 9.79. The normalized spacial score (nSPS) is 17.2. The molecule has 1 saturated heterocycles. The fraction of sp³-hybridized carbons (Fsp3) is 0.217. The number of rotatable bonds is 2. The third kappa shape index (κ3) is 3.06. The van der Waals surface area contributed by atoms with Gasteiger partial charge in [0.1, 0.15) is 11.6 Å². The van der Waals surface area contributed by atoms with E-state index in [1.165, 1.54) is 12.1 Å². The van der Waals surface area contributed by atoms with Crippen LogP contribution in [0.3, 0.4) is 0 Å². The summed E-state index contributed by atoms with van der Waals surface area (Å²) in [5.74, 6) is 0.424. The minimum atomic E-state index is -0.288. The molecule has 146 valence electrons. The molecule has 0 radical (unpaired) electrons. The maximum absolute atomic E-state index is 13.4. The van der Waals surface area contributed by atoms with Crippen LogP contribution in [0.15, 0.2) is 60.9 Å². The summed E-state index contributed by atoms with van der Waals surface area (Å²) in [5, 5.41) is 5.27. The molecule has 4 aromatic rings. The number of piperazine rings is 1. The van der Waals surface area contributed by atoms with Crippen molar-refractivity contribution in [2.45, 2.75) is 13.0 Å². The van der Waals surface area contributed by atoms with E-state index in [1.54, 1.807) is 12.1 Å². The van der Waals surface area contributed by atoms with Gasteiger partial charge in [-0.15, -0.1) is 0 Å². The average Bonchev–Trinajstić information content (AvgIpc) is 3.17. The number of amides is 1. The van der Waals surface area contributed by atoms with Crippen LogP contribution in [0.5, 0.6) is 0 Å². The molecule has 1 N–H and O–H groups in total. The van der Waals surface area contributed by atoms with E-state index in [1.807, 2.05) is 46.0 Å². The zero-order chi connectivity index (χ0) is 20.0.